The quantitative estimate of drug-likeness (QED) is 0.818. The van der Waals surface area contributed by atoms with E-state index in [9.17, 15) is 9.59 Å². The van der Waals surface area contributed by atoms with Gasteiger partial charge in [-0.25, -0.2) is 14.8 Å². The fourth-order valence-electron chi connectivity index (χ4n) is 2.71. The van der Waals surface area contributed by atoms with E-state index in [0.29, 0.717) is 18.9 Å². The Labute approximate surface area is 123 Å². The molecule has 0 unspecified atom stereocenters. The largest absolute Gasteiger partial charge is 0.347 e. The Balaban J connectivity index is 1.60. The van der Waals surface area contributed by atoms with Crippen LogP contribution in [0.2, 0.25) is 0 Å². The van der Waals surface area contributed by atoms with E-state index in [1.165, 1.54) is 0 Å². The highest BCUT2D eigenvalue weighted by Crippen LogP contribution is 2.37. The number of piperazine rings is 1. The van der Waals surface area contributed by atoms with E-state index >= 15 is 0 Å². The van der Waals surface area contributed by atoms with Crippen molar-refractivity contribution >= 4 is 11.9 Å². The molecular formula is C14H19N5O2. The lowest BCUT2D eigenvalue weighted by atomic mass is 10.2. The third-order valence-corrected chi connectivity index (χ3v) is 3.81. The van der Waals surface area contributed by atoms with Gasteiger partial charge >= 0.3 is 6.03 Å². The molecule has 0 bridgehead atoms. The Kier molecular flexibility index (Phi) is 3.27. The Hall–Kier alpha value is -2.18. The van der Waals surface area contributed by atoms with Gasteiger partial charge in [-0.2, -0.15) is 0 Å². The predicted octanol–water partition coefficient (Wildman–Crippen LogP) is 0.267. The third kappa shape index (κ3) is 3.12. The second-order valence-electron chi connectivity index (χ2n) is 5.89. The first-order valence-electron chi connectivity index (χ1n) is 7.11. The molecule has 2 N–H and O–H groups in total. The second-order valence-corrected chi connectivity index (χ2v) is 5.89. The second kappa shape index (κ2) is 4.98. The van der Waals surface area contributed by atoms with Crippen LogP contribution in [0.5, 0.6) is 0 Å². The Morgan fingerprint density at radius 3 is 2.86 bits per heavy atom. The molecule has 2 heterocycles. The lowest BCUT2D eigenvalue weighted by Gasteiger charge is -2.33. The zero-order chi connectivity index (χ0) is 15.0. The van der Waals surface area contributed by atoms with Gasteiger partial charge in [0, 0.05) is 12.2 Å². The van der Waals surface area contributed by atoms with E-state index in [1.54, 1.807) is 4.90 Å². The molecule has 1 aromatic rings. The number of hydrogen-bond acceptors (Lipinski definition) is 4. The van der Waals surface area contributed by atoms with Crippen molar-refractivity contribution in [3.05, 3.63) is 23.3 Å². The molecule has 7 nitrogen and oxygen atoms in total. The van der Waals surface area contributed by atoms with Gasteiger partial charge in [0.05, 0.1) is 17.8 Å². The van der Waals surface area contributed by atoms with Crippen molar-refractivity contribution in [3.8, 4) is 0 Å². The van der Waals surface area contributed by atoms with Crippen molar-refractivity contribution < 1.29 is 9.59 Å². The highest BCUT2D eigenvalue weighted by molar-refractivity contribution is 5.86. The predicted molar refractivity (Wildman–Crippen MR) is 75.4 cm³/mol. The molecule has 1 spiro atoms. The highest BCUT2D eigenvalue weighted by atomic mass is 16.2. The van der Waals surface area contributed by atoms with Gasteiger partial charge in [0.2, 0.25) is 5.91 Å². The van der Waals surface area contributed by atoms with Crippen molar-refractivity contribution in [1.82, 2.24) is 25.5 Å². The van der Waals surface area contributed by atoms with Crippen LogP contribution in [0.3, 0.4) is 0 Å². The molecule has 112 valence electrons. The van der Waals surface area contributed by atoms with Crippen molar-refractivity contribution in [2.24, 2.45) is 0 Å². The number of urea groups is 1. The van der Waals surface area contributed by atoms with Gasteiger partial charge in [-0.1, -0.05) is 0 Å². The fourth-order valence-corrected chi connectivity index (χ4v) is 2.71. The van der Waals surface area contributed by atoms with Crippen LogP contribution in [0.1, 0.15) is 30.1 Å². The minimum absolute atomic E-state index is 0.0809. The summed E-state index contributed by atoms with van der Waals surface area (Å²) in [4.78, 5) is 33.9. The first-order valence-corrected chi connectivity index (χ1v) is 7.11. The molecule has 1 aliphatic carbocycles. The number of hydrogen-bond donors (Lipinski definition) is 2. The monoisotopic (exact) mass is 289 g/mol. The SMILES string of the molecule is Cc1cc(CNC(=O)N2CC(=O)NC3(CC3)C2)nc(C)n1. The summed E-state index contributed by atoms with van der Waals surface area (Å²) in [6.45, 7) is 4.77. The van der Waals surface area contributed by atoms with E-state index in [-0.39, 0.29) is 24.0 Å². The molecule has 2 aliphatic rings. The molecule has 0 atom stereocenters. The summed E-state index contributed by atoms with van der Waals surface area (Å²) in [7, 11) is 0. The Bertz CT molecular complexity index is 577. The summed E-state index contributed by atoms with van der Waals surface area (Å²) in [5.41, 5.74) is 1.49. The van der Waals surface area contributed by atoms with Gasteiger partial charge in [-0.3, -0.25) is 4.79 Å². The first-order chi connectivity index (χ1) is 9.96. The number of rotatable bonds is 2. The van der Waals surface area contributed by atoms with E-state index < -0.39 is 0 Å². The number of amides is 3. The average Bonchev–Trinajstić information content (AvgIpc) is 3.12. The molecule has 3 amide bonds. The van der Waals surface area contributed by atoms with Gasteiger partial charge in [-0.15, -0.1) is 0 Å². The zero-order valence-corrected chi connectivity index (χ0v) is 12.3. The lowest BCUT2D eigenvalue weighted by Crippen LogP contribution is -2.59. The van der Waals surface area contributed by atoms with Crippen molar-refractivity contribution in [3.63, 3.8) is 0 Å². The molecule has 3 rings (SSSR count). The van der Waals surface area contributed by atoms with Gasteiger partial charge in [0.25, 0.3) is 0 Å². The maximum Gasteiger partial charge on any atom is 0.318 e. The number of carbonyl (C=O) groups excluding carboxylic acids is 2. The minimum Gasteiger partial charge on any atom is -0.347 e. The number of nitrogens with one attached hydrogen (secondary N) is 2. The molecule has 21 heavy (non-hydrogen) atoms. The summed E-state index contributed by atoms with van der Waals surface area (Å²) in [6.07, 6.45) is 1.90. The van der Waals surface area contributed by atoms with Gasteiger partial charge in [0.15, 0.2) is 0 Å². The third-order valence-electron chi connectivity index (χ3n) is 3.81. The smallest absolute Gasteiger partial charge is 0.318 e. The minimum atomic E-state index is -0.218. The molecule has 1 saturated carbocycles. The topological polar surface area (TPSA) is 87.2 Å². The Morgan fingerprint density at radius 2 is 2.19 bits per heavy atom. The number of aromatic nitrogens is 2. The molecule has 7 heteroatoms. The number of carbonyl (C=O) groups is 2. The molecule has 2 fully saturated rings. The standard InChI is InChI=1S/C14H19N5O2/c1-9-5-11(17-10(2)16-9)6-15-13(21)19-7-12(20)18-14(8-19)3-4-14/h5H,3-4,6-8H2,1-2H3,(H,15,21)(H,18,20). The fraction of sp³-hybridized carbons (Fsp3) is 0.571. The van der Waals surface area contributed by atoms with Crippen molar-refractivity contribution in [2.45, 2.75) is 38.8 Å². The summed E-state index contributed by atoms with van der Waals surface area (Å²) >= 11 is 0. The molecule has 1 aliphatic heterocycles. The van der Waals surface area contributed by atoms with Crippen LogP contribution in [0.15, 0.2) is 6.07 Å². The van der Waals surface area contributed by atoms with E-state index in [4.69, 9.17) is 0 Å². The lowest BCUT2D eigenvalue weighted by molar-refractivity contribution is -0.125. The zero-order valence-electron chi connectivity index (χ0n) is 12.3. The van der Waals surface area contributed by atoms with Crippen molar-refractivity contribution in [1.29, 1.82) is 0 Å². The van der Waals surface area contributed by atoms with Crippen LogP contribution in [0.4, 0.5) is 4.79 Å². The van der Waals surface area contributed by atoms with Crippen LogP contribution in [0, 0.1) is 13.8 Å². The Morgan fingerprint density at radius 1 is 1.43 bits per heavy atom. The average molecular weight is 289 g/mol. The summed E-state index contributed by atoms with van der Waals surface area (Å²) in [6, 6.07) is 1.63. The van der Waals surface area contributed by atoms with Crippen LogP contribution >= 0.6 is 0 Å². The normalized spacial score (nSPS) is 19.3. The molecule has 0 aromatic carbocycles. The van der Waals surface area contributed by atoms with Gasteiger partial charge in [0.1, 0.15) is 12.4 Å². The number of aryl methyl sites for hydroxylation is 2. The van der Waals surface area contributed by atoms with Crippen LogP contribution in [-0.4, -0.2) is 45.4 Å². The first kappa shape index (κ1) is 13.8. The van der Waals surface area contributed by atoms with Crippen molar-refractivity contribution in [2.75, 3.05) is 13.1 Å². The van der Waals surface area contributed by atoms with Gasteiger partial charge < -0.3 is 15.5 Å². The molecule has 0 radical (unpaired) electrons. The molecule has 1 aromatic heterocycles. The van der Waals surface area contributed by atoms with E-state index in [1.807, 2.05) is 19.9 Å². The van der Waals surface area contributed by atoms with Crippen LogP contribution < -0.4 is 10.6 Å². The van der Waals surface area contributed by atoms with E-state index in [2.05, 4.69) is 20.6 Å². The molecule has 1 saturated heterocycles. The van der Waals surface area contributed by atoms with Gasteiger partial charge in [-0.05, 0) is 32.8 Å². The summed E-state index contributed by atoms with van der Waals surface area (Å²) < 4.78 is 0. The summed E-state index contributed by atoms with van der Waals surface area (Å²) in [5.74, 6) is 0.608. The number of nitrogens with zero attached hydrogens (tertiary/aromatic N) is 3. The summed E-state index contributed by atoms with van der Waals surface area (Å²) in [5, 5.41) is 5.79. The van der Waals surface area contributed by atoms with Crippen LogP contribution in [-0.2, 0) is 11.3 Å². The maximum atomic E-state index is 12.2. The highest BCUT2D eigenvalue weighted by Gasteiger charge is 2.49. The van der Waals surface area contributed by atoms with E-state index in [0.717, 1.165) is 24.2 Å². The van der Waals surface area contributed by atoms with Crippen LogP contribution in [0.25, 0.3) is 0 Å². The maximum absolute atomic E-state index is 12.2. The molecular weight excluding hydrogens is 270 g/mol.